The lowest BCUT2D eigenvalue weighted by molar-refractivity contribution is -0.385. The van der Waals surface area contributed by atoms with Crippen molar-refractivity contribution in [1.29, 1.82) is 0 Å². The number of rotatable bonds is 2. The second-order valence-corrected chi connectivity index (χ2v) is 4.78. The fourth-order valence-corrected chi connectivity index (χ4v) is 1.25. The minimum absolute atomic E-state index is 0.0310. The number of hydrogen-bond donors (Lipinski definition) is 2. The van der Waals surface area contributed by atoms with Crippen molar-refractivity contribution in [3.63, 3.8) is 0 Å². The van der Waals surface area contributed by atoms with E-state index >= 15 is 0 Å². The number of halogens is 1. The average molecular weight is 255 g/mol. The van der Waals surface area contributed by atoms with Crippen LogP contribution in [0.3, 0.4) is 0 Å². The Morgan fingerprint density at radius 3 is 2.44 bits per heavy atom. The summed E-state index contributed by atoms with van der Waals surface area (Å²) in [6.07, 6.45) is 0. The molecular formula is C11H14FN3O3. The number of carbonyl (C=O) groups is 1. The van der Waals surface area contributed by atoms with E-state index in [4.69, 9.17) is 0 Å². The van der Waals surface area contributed by atoms with Crippen LogP contribution in [0.25, 0.3) is 0 Å². The molecular weight excluding hydrogens is 241 g/mol. The van der Waals surface area contributed by atoms with E-state index in [9.17, 15) is 19.3 Å². The number of urea groups is 1. The molecule has 0 aliphatic heterocycles. The number of anilines is 1. The van der Waals surface area contributed by atoms with Crippen LogP contribution in [0.4, 0.5) is 20.6 Å². The zero-order chi connectivity index (χ0) is 13.9. The highest BCUT2D eigenvalue weighted by molar-refractivity contribution is 5.90. The summed E-state index contributed by atoms with van der Waals surface area (Å²) < 4.78 is 13.1. The van der Waals surface area contributed by atoms with Gasteiger partial charge in [0.15, 0.2) is 0 Å². The summed E-state index contributed by atoms with van der Waals surface area (Å²) in [5.41, 5.74) is -0.840. The number of nitrogens with one attached hydrogen (secondary N) is 2. The first kappa shape index (κ1) is 13.9. The molecule has 0 unspecified atom stereocenters. The lowest BCUT2D eigenvalue weighted by Gasteiger charge is -2.20. The molecule has 6 nitrogen and oxygen atoms in total. The van der Waals surface area contributed by atoms with Gasteiger partial charge >= 0.3 is 6.03 Å². The first-order chi connectivity index (χ1) is 8.17. The number of benzene rings is 1. The molecule has 2 amide bonds. The minimum atomic E-state index is -0.782. The predicted octanol–water partition coefficient (Wildman–Crippen LogP) is 2.65. The third-order valence-corrected chi connectivity index (χ3v) is 1.84. The fourth-order valence-electron chi connectivity index (χ4n) is 1.25. The topological polar surface area (TPSA) is 84.3 Å². The van der Waals surface area contributed by atoms with E-state index in [-0.39, 0.29) is 5.69 Å². The van der Waals surface area contributed by atoms with Gasteiger partial charge in [-0.25, -0.2) is 9.18 Å². The van der Waals surface area contributed by atoms with Gasteiger partial charge in [0.25, 0.3) is 5.69 Å². The van der Waals surface area contributed by atoms with Gasteiger partial charge in [-0.3, -0.25) is 10.1 Å². The predicted molar refractivity (Wildman–Crippen MR) is 65.0 cm³/mol. The van der Waals surface area contributed by atoms with Gasteiger partial charge in [0, 0.05) is 11.6 Å². The van der Waals surface area contributed by atoms with E-state index in [2.05, 4.69) is 10.6 Å². The number of hydrogen-bond acceptors (Lipinski definition) is 3. The molecule has 1 rings (SSSR count). The Balaban J connectivity index is 2.85. The molecule has 1 aromatic carbocycles. The Kier molecular flexibility index (Phi) is 3.85. The molecule has 1 aromatic rings. The first-order valence-electron chi connectivity index (χ1n) is 5.21. The van der Waals surface area contributed by atoms with E-state index < -0.39 is 28.0 Å². The van der Waals surface area contributed by atoms with Gasteiger partial charge in [-0.1, -0.05) is 0 Å². The summed E-state index contributed by atoms with van der Waals surface area (Å²) in [6.45, 7) is 5.34. The van der Waals surface area contributed by atoms with Gasteiger partial charge in [0.1, 0.15) is 5.82 Å². The van der Waals surface area contributed by atoms with E-state index in [0.717, 1.165) is 18.2 Å². The van der Waals surface area contributed by atoms with Crippen LogP contribution in [0.5, 0.6) is 0 Å². The molecule has 18 heavy (non-hydrogen) atoms. The molecule has 98 valence electrons. The van der Waals surface area contributed by atoms with Crippen LogP contribution in [-0.4, -0.2) is 16.5 Å². The molecule has 0 saturated carbocycles. The van der Waals surface area contributed by atoms with Crippen LogP contribution >= 0.6 is 0 Å². The summed E-state index contributed by atoms with van der Waals surface area (Å²) in [5.74, 6) is -0.782. The van der Waals surface area contributed by atoms with Crippen LogP contribution in [-0.2, 0) is 0 Å². The lowest BCUT2D eigenvalue weighted by atomic mass is 10.1. The molecule has 0 aliphatic carbocycles. The molecule has 0 aromatic heterocycles. The zero-order valence-electron chi connectivity index (χ0n) is 10.3. The molecule has 0 heterocycles. The van der Waals surface area contributed by atoms with Crippen LogP contribution in [0.2, 0.25) is 0 Å². The van der Waals surface area contributed by atoms with Gasteiger partial charge in [-0.05, 0) is 26.8 Å². The minimum Gasteiger partial charge on any atom is -0.333 e. The van der Waals surface area contributed by atoms with Crippen molar-refractivity contribution < 1.29 is 14.1 Å². The Hall–Kier alpha value is -2.18. The Bertz CT molecular complexity index is 483. The number of non-ortho nitro benzene ring substituents is 1. The van der Waals surface area contributed by atoms with Gasteiger partial charge in [-0.2, -0.15) is 0 Å². The fraction of sp³-hybridized carbons (Fsp3) is 0.364. The third kappa shape index (κ3) is 4.36. The maximum atomic E-state index is 13.1. The van der Waals surface area contributed by atoms with Gasteiger partial charge in [-0.15, -0.1) is 0 Å². The molecule has 2 N–H and O–H groups in total. The zero-order valence-corrected chi connectivity index (χ0v) is 10.3. The standard InChI is InChI=1S/C11H14FN3O3/c1-11(2,3)14-10(16)13-8-4-7(12)5-9(6-8)15(17)18/h4-6H,1-3H3,(H2,13,14,16). The van der Waals surface area contributed by atoms with E-state index in [1.165, 1.54) is 0 Å². The number of nitro benzene ring substituents is 1. The van der Waals surface area contributed by atoms with E-state index in [1.807, 2.05) is 0 Å². The third-order valence-electron chi connectivity index (χ3n) is 1.84. The van der Waals surface area contributed by atoms with Crippen molar-refractivity contribution in [2.45, 2.75) is 26.3 Å². The van der Waals surface area contributed by atoms with Crippen molar-refractivity contribution in [2.75, 3.05) is 5.32 Å². The van der Waals surface area contributed by atoms with Crippen LogP contribution in [0.15, 0.2) is 18.2 Å². The number of nitro groups is 1. The van der Waals surface area contributed by atoms with Gasteiger partial charge in [0.2, 0.25) is 0 Å². The summed E-state index contributed by atoms with van der Waals surface area (Å²) in [6, 6.07) is 2.33. The van der Waals surface area contributed by atoms with Crippen molar-refractivity contribution in [3.05, 3.63) is 34.1 Å². The second kappa shape index (κ2) is 4.99. The molecule has 0 bridgehead atoms. The van der Waals surface area contributed by atoms with Crippen molar-refractivity contribution in [1.82, 2.24) is 5.32 Å². The van der Waals surface area contributed by atoms with Crippen LogP contribution in [0, 0.1) is 15.9 Å². The summed E-state index contributed by atoms with van der Waals surface area (Å²) in [5, 5.41) is 15.5. The maximum absolute atomic E-state index is 13.1. The number of amides is 2. The largest absolute Gasteiger partial charge is 0.333 e. The molecule has 0 fully saturated rings. The molecule has 0 aliphatic rings. The Morgan fingerprint density at radius 1 is 1.33 bits per heavy atom. The summed E-state index contributed by atoms with van der Waals surface area (Å²) in [7, 11) is 0. The molecule has 0 atom stereocenters. The van der Waals surface area contributed by atoms with E-state index in [1.54, 1.807) is 20.8 Å². The molecule has 0 saturated heterocycles. The smallest absolute Gasteiger partial charge is 0.319 e. The monoisotopic (exact) mass is 255 g/mol. The first-order valence-corrected chi connectivity index (χ1v) is 5.21. The van der Waals surface area contributed by atoms with Crippen molar-refractivity contribution in [3.8, 4) is 0 Å². The van der Waals surface area contributed by atoms with E-state index in [0.29, 0.717) is 0 Å². The normalized spacial score (nSPS) is 10.9. The lowest BCUT2D eigenvalue weighted by Crippen LogP contribution is -2.43. The average Bonchev–Trinajstić information content (AvgIpc) is 2.12. The van der Waals surface area contributed by atoms with Gasteiger partial charge in [0.05, 0.1) is 16.7 Å². The summed E-state index contributed by atoms with van der Waals surface area (Å²) >= 11 is 0. The highest BCUT2D eigenvalue weighted by Gasteiger charge is 2.15. The van der Waals surface area contributed by atoms with Crippen molar-refractivity contribution >= 4 is 17.4 Å². The Labute approximate surface area is 103 Å². The number of carbonyl (C=O) groups excluding carboxylic acids is 1. The second-order valence-electron chi connectivity index (χ2n) is 4.78. The summed E-state index contributed by atoms with van der Waals surface area (Å²) in [4.78, 5) is 21.3. The van der Waals surface area contributed by atoms with Crippen molar-refractivity contribution in [2.24, 2.45) is 0 Å². The molecule has 0 spiro atoms. The number of nitrogens with zero attached hydrogens (tertiary/aromatic N) is 1. The van der Waals surface area contributed by atoms with Gasteiger partial charge < -0.3 is 10.6 Å². The molecule has 0 radical (unpaired) electrons. The van der Waals surface area contributed by atoms with Crippen LogP contribution < -0.4 is 10.6 Å². The highest BCUT2D eigenvalue weighted by atomic mass is 19.1. The van der Waals surface area contributed by atoms with Crippen LogP contribution in [0.1, 0.15) is 20.8 Å². The molecule has 7 heteroatoms. The Morgan fingerprint density at radius 2 is 1.94 bits per heavy atom. The maximum Gasteiger partial charge on any atom is 0.319 e. The quantitative estimate of drug-likeness (QED) is 0.629. The SMILES string of the molecule is CC(C)(C)NC(=O)Nc1cc(F)cc([N+](=O)[O-])c1. The highest BCUT2D eigenvalue weighted by Crippen LogP contribution is 2.20.